The predicted molar refractivity (Wildman–Crippen MR) is 63.4 cm³/mol. The predicted octanol–water partition coefficient (Wildman–Crippen LogP) is 1.59. The molecule has 3 heterocycles. The minimum absolute atomic E-state index is 0.482. The molecule has 1 aliphatic rings. The Morgan fingerprint density at radius 2 is 2.12 bits per heavy atom. The molecule has 0 saturated carbocycles. The van der Waals surface area contributed by atoms with Crippen molar-refractivity contribution < 1.29 is 0 Å². The molecule has 1 aliphatic heterocycles. The molecular weight excluding hydrogens is 200 g/mol. The average molecular weight is 216 g/mol. The van der Waals surface area contributed by atoms with Gasteiger partial charge in [0.2, 0.25) is 0 Å². The molecule has 2 aromatic rings. The van der Waals surface area contributed by atoms with Gasteiger partial charge in [-0.15, -0.1) is 0 Å². The molecule has 4 nitrogen and oxygen atoms in total. The molecule has 3 rings (SSSR count). The third-order valence-corrected chi connectivity index (χ3v) is 3.45. The van der Waals surface area contributed by atoms with Gasteiger partial charge in [0, 0.05) is 11.6 Å². The Hall–Kier alpha value is -1.42. The van der Waals surface area contributed by atoms with Gasteiger partial charge in [0.05, 0.1) is 5.52 Å². The van der Waals surface area contributed by atoms with Gasteiger partial charge in [-0.3, -0.25) is 0 Å². The molecule has 0 aliphatic carbocycles. The maximum absolute atomic E-state index is 4.58. The van der Waals surface area contributed by atoms with Gasteiger partial charge in [0.15, 0.2) is 5.65 Å². The van der Waals surface area contributed by atoms with Crippen LogP contribution >= 0.6 is 0 Å². The summed E-state index contributed by atoms with van der Waals surface area (Å²) in [5, 5.41) is 3.30. The molecule has 2 aromatic heterocycles. The number of H-pyrrole nitrogens is 1. The van der Waals surface area contributed by atoms with Crippen molar-refractivity contribution in [2.24, 2.45) is 5.92 Å². The van der Waals surface area contributed by atoms with E-state index in [-0.39, 0.29) is 0 Å². The Balaban J connectivity index is 1.97. The molecule has 1 fully saturated rings. The monoisotopic (exact) mass is 216 g/mol. The van der Waals surface area contributed by atoms with E-state index in [1.807, 2.05) is 13.0 Å². The molecule has 0 radical (unpaired) electrons. The molecule has 0 bridgehead atoms. The number of aromatic amines is 1. The zero-order valence-corrected chi connectivity index (χ0v) is 9.62. The molecule has 84 valence electrons. The number of aromatic nitrogens is 3. The van der Waals surface area contributed by atoms with Gasteiger partial charge in [-0.2, -0.15) is 0 Å². The van der Waals surface area contributed by atoms with Crippen molar-refractivity contribution >= 4 is 11.2 Å². The summed E-state index contributed by atoms with van der Waals surface area (Å²) in [6, 6.07) is 4.07. The smallest absolute Gasteiger partial charge is 0.177 e. The van der Waals surface area contributed by atoms with Crippen molar-refractivity contribution in [2.75, 3.05) is 13.1 Å². The largest absolute Gasteiger partial charge is 0.340 e. The summed E-state index contributed by atoms with van der Waals surface area (Å²) in [5.41, 5.74) is 2.90. The van der Waals surface area contributed by atoms with Crippen molar-refractivity contribution in [3.05, 3.63) is 23.7 Å². The highest BCUT2D eigenvalue weighted by Gasteiger charge is 2.26. The van der Waals surface area contributed by atoms with Crippen LogP contribution in [0.1, 0.15) is 24.4 Å². The lowest BCUT2D eigenvalue weighted by Crippen LogP contribution is -2.44. The molecule has 1 atom stereocenters. The number of nitrogens with one attached hydrogen (secondary N) is 2. The minimum atomic E-state index is 0.482. The zero-order valence-electron chi connectivity index (χ0n) is 9.62. The van der Waals surface area contributed by atoms with Gasteiger partial charge in [-0.25, -0.2) is 9.97 Å². The summed E-state index contributed by atoms with van der Waals surface area (Å²) in [6.45, 7) is 6.43. The second-order valence-electron chi connectivity index (χ2n) is 4.65. The molecule has 0 spiro atoms. The van der Waals surface area contributed by atoms with E-state index in [9.17, 15) is 0 Å². The summed E-state index contributed by atoms with van der Waals surface area (Å²) in [4.78, 5) is 12.4. The van der Waals surface area contributed by atoms with E-state index in [4.69, 9.17) is 0 Å². The summed E-state index contributed by atoms with van der Waals surface area (Å²) in [5.74, 6) is 2.26. The number of rotatable bonds is 2. The highest BCUT2D eigenvalue weighted by Crippen LogP contribution is 2.26. The lowest BCUT2D eigenvalue weighted by atomic mass is 9.88. The first-order valence-corrected chi connectivity index (χ1v) is 5.78. The Kier molecular flexibility index (Phi) is 2.17. The average Bonchev–Trinajstić information content (AvgIpc) is 2.57. The molecule has 2 N–H and O–H groups in total. The molecular formula is C12H16N4. The molecule has 1 unspecified atom stereocenters. The van der Waals surface area contributed by atoms with Gasteiger partial charge in [0.25, 0.3) is 0 Å². The van der Waals surface area contributed by atoms with Crippen molar-refractivity contribution in [3.8, 4) is 0 Å². The normalized spacial score (nSPS) is 18.6. The summed E-state index contributed by atoms with van der Waals surface area (Å²) < 4.78 is 0. The van der Waals surface area contributed by atoms with Crippen LogP contribution < -0.4 is 5.32 Å². The van der Waals surface area contributed by atoms with Crippen LogP contribution in [0.4, 0.5) is 0 Å². The van der Waals surface area contributed by atoms with E-state index in [0.29, 0.717) is 11.8 Å². The van der Waals surface area contributed by atoms with Gasteiger partial charge in [-0.05, 0) is 38.1 Å². The third kappa shape index (κ3) is 1.50. The zero-order chi connectivity index (χ0) is 11.1. The maximum atomic E-state index is 4.58. The first kappa shape index (κ1) is 9.78. The lowest BCUT2D eigenvalue weighted by Gasteiger charge is -2.31. The van der Waals surface area contributed by atoms with Gasteiger partial charge < -0.3 is 10.3 Å². The van der Waals surface area contributed by atoms with E-state index in [2.05, 4.69) is 33.3 Å². The molecule has 16 heavy (non-hydrogen) atoms. The molecule has 0 aromatic carbocycles. The fourth-order valence-electron chi connectivity index (χ4n) is 2.11. The van der Waals surface area contributed by atoms with Crippen LogP contribution in [0.3, 0.4) is 0 Å². The van der Waals surface area contributed by atoms with E-state index in [1.165, 1.54) is 0 Å². The van der Waals surface area contributed by atoms with Crippen molar-refractivity contribution in [3.63, 3.8) is 0 Å². The lowest BCUT2D eigenvalue weighted by molar-refractivity contribution is 0.297. The van der Waals surface area contributed by atoms with Gasteiger partial charge in [0.1, 0.15) is 5.82 Å². The van der Waals surface area contributed by atoms with Crippen molar-refractivity contribution in [1.82, 2.24) is 20.3 Å². The van der Waals surface area contributed by atoms with Crippen LogP contribution in [0.2, 0.25) is 0 Å². The first-order valence-electron chi connectivity index (χ1n) is 5.78. The first-order chi connectivity index (χ1) is 7.74. The Morgan fingerprint density at radius 1 is 1.31 bits per heavy atom. The topological polar surface area (TPSA) is 53.6 Å². The summed E-state index contributed by atoms with van der Waals surface area (Å²) >= 11 is 0. The Bertz CT molecular complexity index is 513. The quantitative estimate of drug-likeness (QED) is 0.801. The van der Waals surface area contributed by atoms with E-state index >= 15 is 0 Å². The molecule has 1 saturated heterocycles. The van der Waals surface area contributed by atoms with Gasteiger partial charge >= 0.3 is 0 Å². The van der Waals surface area contributed by atoms with Crippen LogP contribution in [-0.2, 0) is 0 Å². The third-order valence-electron chi connectivity index (χ3n) is 3.45. The Morgan fingerprint density at radius 3 is 2.81 bits per heavy atom. The summed E-state index contributed by atoms with van der Waals surface area (Å²) in [6.07, 6.45) is 0. The van der Waals surface area contributed by atoms with Crippen LogP contribution in [0.25, 0.3) is 11.2 Å². The van der Waals surface area contributed by atoms with Crippen molar-refractivity contribution in [1.29, 1.82) is 0 Å². The summed E-state index contributed by atoms with van der Waals surface area (Å²) in [7, 11) is 0. The standard InChI is InChI=1S/C12H16N4/c1-7-3-4-10-12(14-7)16-11(15-10)8(2)9-5-13-6-9/h3-4,8-9,13H,5-6H2,1-2H3,(H,14,15,16). The minimum Gasteiger partial charge on any atom is -0.340 e. The number of aryl methyl sites for hydroxylation is 1. The highest BCUT2D eigenvalue weighted by atomic mass is 15.0. The number of hydrogen-bond acceptors (Lipinski definition) is 3. The van der Waals surface area contributed by atoms with Crippen molar-refractivity contribution in [2.45, 2.75) is 19.8 Å². The molecule has 4 heteroatoms. The van der Waals surface area contributed by atoms with Crippen LogP contribution in [0.5, 0.6) is 0 Å². The van der Waals surface area contributed by atoms with E-state index in [0.717, 1.165) is 35.8 Å². The fourth-order valence-corrected chi connectivity index (χ4v) is 2.11. The number of hydrogen-bond donors (Lipinski definition) is 2. The number of pyridine rings is 1. The number of fused-ring (bicyclic) bond motifs is 1. The Labute approximate surface area is 94.5 Å². The number of imidazole rings is 1. The van der Waals surface area contributed by atoms with E-state index < -0.39 is 0 Å². The van der Waals surface area contributed by atoms with Crippen LogP contribution in [0.15, 0.2) is 12.1 Å². The molecule has 0 amide bonds. The van der Waals surface area contributed by atoms with Crippen LogP contribution in [-0.4, -0.2) is 28.0 Å². The fraction of sp³-hybridized carbons (Fsp3) is 0.500. The highest BCUT2D eigenvalue weighted by molar-refractivity contribution is 5.70. The maximum Gasteiger partial charge on any atom is 0.177 e. The van der Waals surface area contributed by atoms with Crippen LogP contribution in [0, 0.1) is 12.8 Å². The van der Waals surface area contributed by atoms with E-state index in [1.54, 1.807) is 0 Å². The SMILES string of the molecule is Cc1ccc2[nH]c(C(C)C3CNC3)nc2n1. The second-order valence-corrected chi connectivity index (χ2v) is 4.65. The van der Waals surface area contributed by atoms with Gasteiger partial charge in [-0.1, -0.05) is 6.92 Å². The second kappa shape index (κ2) is 3.56. The number of nitrogens with zero attached hydrogens (tertiary/aromatic N) is 2.